The first-order valence-electron chi connectivity index (χ1n) is 11.7. The van der Waals surface area contributed by atoms with Crippen LogP contribution in [0, 0.1) is 0 Å². The summed E-state index contributed by atoms with van der Waals surface area (Å²) in [4.78, 5) is 29.7. The molecule has 2 heterocycles. The molecular formula is C28H26N2O6. The molecule has 1 saturated heterocycles. The average Bonchev–Trinajstić information content (AvgIpc) is 2.90. The molecule has 5 rings (SSSR count). The zero-order valence-electron chi connectivity index (χ0n) is 19.8. The lowest BCUT2D eigenvalue weighted by molar-refractivity contribution is 0.108. The Morgan fingerprint density at radius 1 is 0.972 bits per heavy atom. The average molecular weight is 487 g/mol. The van der Waals surface area contributed by atoms with Gasteiger partial charge in [0.25, 0.3) is 0 Å². The van der Waals surface area contributed by atoms with E-state index in [4.69, 9.17) is 13.9 Å². The maximum Gasteiger partial charge on any atom is 0.415 e. The molecule has 1 aliphatic heterocycles. The van der Waals surface area contributed by atoms with Crippen LogP contribution in [0.4, 0.5) is 4.79 Å². The molecule has 0 unspecified atom stereocenters. The Balaban J connectivity index is 1.28. The van der Waals surface area contributed by atoms with E-state index in [1.54, 1.807) is 36.3 Å². The molecule has 1 amide bonds. The van der Waals surface area contributed by atoms with Crippen molar-refractivity contribution in [1.29, 1.82) is 0 Å². The number of ether oxygens (including phenoxy) is 2. The molecule has 1 fully saturated rings. The second kappa shape index (κ2) is 10.1. The second-order valence-electron chi connectivity index (χ2n) is 8.64. The largest absolute Gasteiger partial charge is 0.507 e. The van der Waals surface area contributed by atoms with E-state index >= 15 is 0 Å². The van der Waals surface area contributed by atoms with Gasteiger partial charge in [-0.05, 0) is 23.3 Å². The van der Waals surface area contributed by atoms with Gasteiger partial charge in [-0.3, -0.25) is 9.69 Å². The van der Waals surface area contributed by atoms with Crippen LogP contribution in [-0.2, 0) is 6.54 Å². The monoisotopic (exact) mass is 486 g/mol. The topological polar surface area (TPSA) is 92.5 Å². The van der Waals surface area contributed by atoms with Gasteiger partial charge in [0.15, 0.2) is 0 Å². The first-order chi connectivity index (χ1) is 17.5. The number of phenolic OH excluding ortho intramolecular Hbond substituents is 1. The highest BCUT2D eigenvalue weighted by Gasteiger charge is 2.23. The van der Waals surface area contributed by atoms with Crippen molar-refractivity contribution < 1.29 is 23.8 Å². The van der Waals surface area contributed by atoms with E-state index in [0.717, 1.165) is 19.6 Å². The van der Waals surface area contributed by atoms with Crippen molar-refractivity contribution in [1.82, 2.24) is 9.80 Å². The van der Waals surface area contributed by atoms with Gasteiger partial charge in [-0.15, -0.1) is 0 Å². The van der Waals surface area contributed by atoms with Crippen molar-refractivity contribution in [2.24, 2.45) is 0 Å². The number of piperazine rings is 1. The number of rotatable bonds is 5. The normalized spacial score (nSPS) is 14.1. The summed E-state index contributed by atoms with van der Waals surface area (Å²) >= 11 is 0. The summed E-state index contributed by atoms with van der Waals surface area (Å²) in [5, 5.41) is 10.6. The molecule has 8 heteroatoms. The van der Waals surface area contributed by atoms with Crippen molar-refractivity contribution in [3.05, 3.63) is 88.8 Å². The van der Waals surface area contributed by atoms with Crippen LogP contribution in [0.5, 0.6) is 17.2 Å². The molecule has 184 valence electrons. The van der Waals surface area contributed by atoms with Gasteiger partial charge in [0.1, 0.15) is 34.5 Å². The van der Waals surface area contributed by atoms with Gasteiger partial charge in [0.2, 0.25) is 5.43 Å². The Bertz CT molecular complexity index is 1420. The number of benzene rings is 3. The van der Waals surface area contributed by atoms with Crippen LogP contribution < -0.4 is 14.9 Å². The van der Waals surface area contributed by atoms with E-state index in [9.17, 15) is 14.7 Å². The van der Waals surface area contributed by atoms with Crippen LogP contribution in [0.1, 0.15) is 5.56 Å². The maximum absolute atomic E-state index is 13.1. The molecule has 1 aromatic heterocycles. The number of nitrogens with zero attached hydrogens (tertiary/aromatic N) is 2. The zero-order valence-corrected chi connectivity index (χ0v) is 19.8. The van der Waals surface area contributed by atoms with Crippen LogP contribution in [0.2, 0.25) is 0 Å². The smallest absolute Gasteiger partial charge is 0.415 e. The Morgan fingerprint density at radius 3 is 2.39 bits per heavy atom. The van der Waals surface area contributed by atoms with Crippen LogP contribution >= 0.6 is 0 Å². The van der Waals surface area contributed by atoms with E-state index in [0.29, 0.717) is 30.0 Å². The highest BCUT2D eigenvalue weighted by Crippen LogP contribution is 2.31. The summed E-state index contributed by atoms with van der Waals surface area (Å²) in [5.41, 5.74) is 1.92. The summed E-state index contributed by atoms with van der Waals surface area (Å²) in [6.45, 7) is 3.36. The lowest BCUT2D eigenvalue weighted by Gasteiger charge is -2.34. The Hall–Kier alpha value is -4.30. The van der Waals surface area contributed by atoms with E-state index < -0.39 is 6.09 Å². The Kier molecular flexibility index (Phi) is 6.60. The summed E-state index contributed by atoms with van der Waals surface area (Å²) in [6.07, 6.45) is 0.828. The first-order valence-corrected chi connectivity index (χ1v) is 11.7. The third kappa shape index (κ3) is 4.89. The molecule has 0 saturated carbocycles. The third-order valence-corrected chi connectivity index (χ3v) is 6.32. The molecule has 1 aliphatic rings. The van der Waals surface area contributed by atoms with Gasteiger partial charge in [-0.1, -0.05) is 42.5 Å². The molecule has 0 spiro atoms. The number of carbonyl (C=O) groups excluding carboxylic acids is 1. The molecule has 0 atom stereocenters. The van der Waals surface area contributed by atoms with E-state index in [1.807, 2.05) is 18.2 Å². The molecule has 0 aliphatic carbocycles. The second-order valence-corrected chi connectivity index (χ2v) is 8.64. The molecule has 4 aromatic rings. The van der Waals surface area contributed by atoms with Crippen LogP contribution in [0.15, 0.2) is 82.2 Å². The van der Waals surface area contributed by atoms with Gasteiger partial charge in [-0.25, -0.2) is 4.79 Å². The van der Waals surface area contributed by atoms with Gasteiger partial charge >= 0.3 is 6.09 Å². The van der Waals surface area contributed by atoms with Crippen LogP contribution in [0.3, 0.4) is 0 Å². The van der Waals surface area contributed by atoms with Crippen molar-refractivity contribution in [2.45, 2.75) is 6.54 Å². The maximum atomic E-state index is 13.1. The number of fused-ring (bicyclic) bond motifs is 1. The summed E-state index contributed by atoms with van der Waals surface area (Å²) < 4.78 is 16.3. The minimum Gasteiger partial charge on any atom is -0.507 e. The molecule has 8 nitrogen and oxygen atoms in total. The SMILES string of the molecule is COc1ccc(-c2coc3cc(OC(=O)N4CCN(Cc5ccccc5)CC4)cc(O)c3c2=O)cc1. The van der Waals surface area contributed by atoms with E-state index in [1.165, 1.54) is 24.0 Å². The quantitative estimate of drug-likeness (QED) is 0.444. The number of aromatic hydroxyl groups is 1. The Morgan fingerprint density at radius 2 is 1.69 bits per heavy atom. The molecule has 36 heavy (non-hydrogen) atoms. The third-order valence-electron chi connectivity index (χ3n) is 6.32. The molecule has 0 radical (unpaired) electrons. The van der Waals surface area contributed by atoms with Crippen LogP contribution in [-0.4, -0.2) is 54.3 Å². The number of hydrogen-bond donors (Lipinski definition) is 1. The highest BCUT2D eigenvalue weighted by atomic mass is 16.6. The minimum atomic E-state index is -0.509. The number of carbonyl (C=O) groups is 1. The lowest BCUT2D eigenvalue weighted by atomic mass is 10.0. The summed E-state index contributed by atoms with van der Waals surface area (Å²) in [6, 6.07) is 19.9. The zero-order chi connectivity index (χ0) is 25.1. The van der Waals surface area contributed by atoms with Crippen molar-refractivity contribution in [3.8, 4) is 28.4 Å². The minimum absolute atomic E-state index is 0.0256. The molecule has 1 N–H and O–H groups in total. The number of hydrogen-bond acceptors (Lipinski definition) is 7. The molecule has 3 aromatic carbocycles. The van der Waals surface area contributed by atoms with Gasteiger partial charge in [0.05, 0.1) is 12.7 Å². The molecular weight excluding hydrogens is 460 g/mol. The fraction of sp³-hybridized carbons (Fsp3) is 0.214. The lowest BCUT2D eigenvalue weighted by Crippen LogP contribution is -2.49. The summed E-state index contributed by atoms with van der Waals surface area (Å²) in [7, 11) is 1.56. The van der Waals surface area contributed by atoms with E-state index in [2.05, 4.69) is 17.0 Å². The standard InChI is InChI=1S/C28H26N2O6/c1-34-21-9-7-20(8-10-21)23-18-35-25-16-22(15-24(31)26(25)27(23)32)36-28(33)30-13-11-29(12-14-30)17-19-5-3-2-4-6-19/h2-10,15-16,18,31H,11-14,17H2,1H3. The summed E-state index contributed by atoms with van der Waals surface area (Å²) in [5.74, 6) is 0.458. The van der Waals surface area contributed by atoms with Crippen LogP contribution in [0.25, 0.3) is 22.1 Å². The van der Waals surface area contributed by atoms with E-state index in [-0.39, 0.29) is 27.9 Å². The number of phenols is 1. The Labute approximate surface area is 207 Å². The first kappa shape index (κ1) is 23.4. The van der Waals surface area contributed by atoms with Gasteiger partial charge in [-0.2, -0.15) is 0 Å². The predicted octanol–water partition coefficient (Wildman–Crippen LogP) is 4.49. The van der Waals surface area contributed by atoms with Gasteiger partial charge < -0.3 is 23.9 Å². The number of methoxy groups -OCH3 is 1. The number of amides is 1. The van der Waals surface area contributed by atoms with Crippen molar-refractivity contribution in [3.63, 3.8) is 0 Å². The fourth-order valence-electron chi connectivity index (χ4n) is 4.33. The fourth-order valence-corrected chi connectivity index (χ4v) is 4.33. The van der Waals surface area contributed by atoms with Gasteiger partial charge in [0, 0.05) is 44.9 Å². The molecule has 0 bridgehead atoms. The highest BCUT2D eigenvalue weighted by molar-refractivity contribution is 5.88. The predicted molar refractivity (Wildman–Crippen MR) is 135 cm³/mol. The van der Waals surface area contributed by atoms with Crippen molar-refractivity contribution >= 4 is 17.1 Å². The van der Waals surface area contributed by atoms with Crippen molar-refractivity contribution in [2.75, 3.05) is 33.3 Å².